The monoisotopic (exact) mass is 350 g/mol. The van der Waals surface area contributed by atoms with Crippen molar-refractivity contribution in [1.29, 1.82) is 0 Å². The number of nitrogens with zero attached hydrogens (tertiary/aromatic N) is 1. The molecule has 3 rings (SSSR count). The number of hydrogen-bond acceptors (Lipinski definition) is 0. The summed E-state index contributed by atoms with van der Waals surface area (Å²) in [7, 11) is 0. The van der Waals surface area contributed by atoms with Crippen LogP contribution in [0.5, 0.6) is 0 Å². The highest BCUT2D eigenvalue weighted by Gasteiger charge is 2.44. The maximum absolute atomic E-state index is 6.30. The quantitative estimate of drug-likeness (QED) is 0.543. The van der Waals surface area contributed by atoms with Crippen LogP contribution in [0.1, 0.15) is 58.4 Å². The van der Waals surface area contributed by atoms with Gasteiger partial charge >= 0.3 is 0 Å². The van der Waals surface area contributed by atoms with E-state index in [2.05, 4.69) is 43.6 Å². The van der Waals surface area contributed by atoms with Gasteiger partial charge in [-0.3, -0.25) is 0 Å². The molecule has 0 N–H and O–H groups in total. The Morgan fingerprint density at radius 3 is 2.48 bits per heavy atom. The maximum Gasteiger partial charge on any atom is 0.211 e. The van der Waals surface area contributed by atoms with E-state index in [1.165, 1.54) is 42.6 Å². The van der Waals surface area contributed by atoms with E-state index in [-0.39, 0.29) is 5.41 Å². The summed E-state index contributed by atoms with van der Waals surface area (Å²) in [4.78, 5) is 0. The number of halogens is 2. The average Bonchev–Trinajstić information content (AvgIpc) is 3.07. The fraction of sp³-hybridized carbons (Fsp3) is 0.550. The zero-order valence-corrected chi connectivity index (χ0v) is 15.8. The first kappa shape index (κ1) is 17.0. The largest absolute Gasteiger partial charge is 0.211 e. The van der Waals surface area contributed by atoms with E-state index in [4.69, 9.17) is 23.2 Å². The van der Waals surface area contributed by atoms with Crippen LogP contribution in [0.2, 0.25) is 10.0 Å². The summed E-state index contributed by atoms with van der Waals surface area (Å²) >= 11 is 12.6. The molecule has 3 heteroatoms. The Balaban J connectivity index is 2.06. The van der Waals surface area contributed by atoms with Gasteiger partial charge in [-0.15, -0.1) is 0 Å². The van der Waals surface area contributed by atoms with Gasteiger partial charge in [-0.2, -0.15) is 4.58 Å². The summed E-state index contributed by atoms with van der Waals surface area (Å²) in [5.74, 6) is 0.748. The second kappa shape index (κ2) is 6.61. The van der Waals surface area contributed by atoms with Crippen LogP contribution in [0.4, 0.5) is 5.69 Å². The van der Waals surface area contributed by atoms with Crippen molar-refractivity contribution in [2.75, 3.05) is 6.54 Å². The molecule has 0 unspecified atom stereocenters. The van der Waals surface area contributed by atoms with Gasteiger partial charge in [0.1, 0.15) is 6.54 Å². The standard InChI is InChI=1S/C20H26Cl2N/c1-4-11-23-18-13-17(22)16(21)12-15(18)20(2,3)19(23)10-9-14-7-5-6-8-14/h9-10,12-14H,4-8,11H2,1-3H3/q+1. The van der Waals surface area contributed by atoms with Crippen molar-refractivity contribution in [3.8, 4) is 0 Å². The van der Waals surface area contributed by atoms with E-state index in [0.717, 1.165) is 18.9 Å². The molecule has 0 spiro atoms. The summed E-state index contributed by atoms with van der Waals surface area (Å²) in [6.07, 6.45) is 11.3. The fourth-order valence-electron chi connectivity index (χ4n) is 4.01. The predicted octanol–water partition coefficient (Wildman–Crippen LogP) is 6.53. The van der Waals surface area contributed by atoms with E-state index in [9.17, 15) is 0 Å². The number of fused-ring (bicyclic) bond motifs is 1. The second-order valence-electron chi connectivity index (χ2n) is 7.35. The van der Waals surface area contributed by atoms with E-state index in [1.807, 2.05) is 6.07 Å². The van der Waals surface area contributed by atoms with Gasteiger partial charge in [-0.1, -0.05) is 49.0 Å². The first-order valence-corrected chi connectivity index (χ1v) is 9.53. The van der Waals surface area contributed by atoms with Crippen molar-refractivity contribution in [3.05, 3.63) is 39.9 Å². The van der Waals surface area contributed by atoms with Gasteiger partial charge in [0.25, 0.3) is 0 Å². The molecule has 0 radical (unpaired) electrons. The van der Waals surface area contributed by atoms with Crippen LogP contribution in [0.25, 0.3) is 0 Å². The van der Waals surface area contributed by atoms with Gasteiger partial charge in [-0.05, 0) is 38.7 Å². The molecule has 1 aromatic carbocycles. The zero-order chi connectivity index (χ0) is 16.6. The molecule has 0 atom stereocenters. The number of rotatable bonds is 4. The third-order valence-corrected chi connectivity index (χ3v) is 6.03. The smallest absolute Gasteiger partial charge is 0.195 e. The van der Waals surface area contributed by atoms with Crippen LogP contribution in [0, 0.1) is 5.92 Å². The van der Waals surface area contributed by atoms with Crippen molar-refractivity contribution in [2.24, 2.45) is 5.92 Å². The highest BCUT2D eigenvalue weighted by Crippen LogP contribution is 2.44. The van der Waals surface area contributed by atoms with Crippen LogP contribution < -0.4 is 0 Å². The molecule has 1 saturated carbocycles. The summed E-state index contributed by atoms with van der Waals surface area (Å²) in [6, 6.07) is 4.09. The molecule has 1 heterocycles. The lowest BCUT2D eigenvalue weighted by Crippen LogP contribution is -2.28. The van der Waals surface area contributed by atoms with Gasteiger partial charge in [-0.25, -0.2) is 0 Å². The number of benzene rings is 1. The van der Waals surface area contributed by atoms with Crippen LogP contribution in [-0.2, 0) is 5.41 Å². The van der Waals surface area contributed by atoms with Gasteiger partial charge in [0.05, 0.1) is 15.5 Å². The van der Waals surface area contributed by atoms with Gasteiger partial charge < -0.3 is 0 Å². The van der Waals surface area contributed by atoms with E-state index in [0.29, 0.717) is 10.0 Å². The minimum atomic E-state index is -0.0339. The molecule has 0 saturated heterocycles. The molecule has 0 amide bonds. The maximum atomic E-state index is 6.30. The van der Waals surface area contributed by atoms with Crippen molar-refractivity contribution in [1.82, 2.24) is 0 Å². The Labute approximate surface area is 150 Å². The lowest BCUT2D eigenvalue weighted by molar-refractivity contribution is -0.437. The Morgan fingerprint density at radius 2 is 1.83 bits per heavy atom. The summed E-state index contributed by atoms with van der Waals surface area (Å²) in [6.45, 7) is 7.82. The molecular weight excluding hydrogens is 325 g/mol. The molecule has 1 aliphatic carbocycles. The number of allylic oxidation sites excluding steroid dienone is 2. The van der Waals surface area contributed by atoms with Crippen LogP contribution in [-0.4, -0.2) is 16.8 Å². The average molecular weight is 351 g/mol. The molecule has 1 aromatic rings. The van der Waals surface area contributed by atoms with Gasteiger partial charge in [0.15, 0.2) is 5.71 Å². The van der Waals surface area contributed by atoms with Crippen LogP contribution in [0.15, 0.2) is 24.3 Å². The van der Waals surface area contributed by atoms with Crippen molar-refractivity contribution in [3.63, 3.8) is 0 Å². The molecule has 1 aliphatic heterocycles. The Morgan fingerprint density at radius 1 is 1.17 bits per heavy atom. The Kier molecular flexibility index (Phi) is 4.90. The molecular formula is C20H26Cl2N+. The minimum absolute atomic E-state index is 0.0339. The molecule has 0 bridgehead atoms. The Bertz CT molecular complexity index is 664. The van der Waals surface area contributed by atoms with E-state index < -0.39 is 0 Å². The van der Waals surface area contributed by atoms with E-state index >= 15 is 0 Å². The van der Waals surface area contributed by atoms with Crippen molar-refractivity contribution in [2.45, 2.75) is 58.3 Å². The number of hydrogen-bond donors (Lipinski definition) is 0. The van der Waals surface area contributed by atoms with Gasteiger partial charge in [0.2, 0.25) is 5.69 Å². The van der Waals surface area contributed by atoms with Crippen LogP contribution in [0.3, 0.4) is 0 Å². The van der Waals surface area contributed by atoms with Crippen molar-refractivity contribution >= 4 is 34.6 Å². The molecule has 23 heavy (non-hydrogen) atoms. The minimum Gasteiger partial charge on any atom is -0.195 e. The highest BCUT2D eigenvalue weighted by molar-refractivity contribution is 6.42. The summed E-state index contributed by atoms with van der Waals surface area (Å²) in [5.41, 5.74) is 3.84. The fourth-order valence-corrected chi connectivity index (χ4v) is 4.33. The molecule has 124 valence electrons. The molecule has 2 aliphatic rings. The van der Waals surface area contributed by atoms with Gasteiger partial charge in [0, 0.05) is 24.1 Å². The molecule has 0 aromatic heterocycles. The van der Waals surface area contributed by atoms with Crippen LogP contribution >= 0.6 is 23.2 Å². The normalized spacial score (nSPS) is 20.7. The predicted molar refractivity (Wildman–Crippen MR) is 101 cm³/mol. The summed E-state index contributed by atoms with van der Waals surface area (Å²) in [5, 5.41) is 1.29. The lowest BCUT2D eigenvalue weighted by Gasteiger charge is -2.16. The SMILES string of the molecule is CCC[N+]1=C(C=CC2CCCC2)C(C)(C)c2cc(Cl)c(Cl)cc21. The van der Waals surface area contributed by atoms with E-state index in [1.54, 1.807) is 0 Å². The summed E-state index contributed by atoms with van der Waals surface area (Å²) < 4.78 is 2.43. The lowest BCUT2D eigenvalue weighted by atomic mass is 9.81. The topological polar surface area (TPSA) is 3.01 Å². The molecule has 1 fully saturated rings. The molecule has 1 nitrogen and oxygen atoms in total. The Hall–Kier alpha value is -0.790. The second-order valence-corrected chi connectivity index (χ2v) is 8.16. The third kappa shape index (κ3) is 3.10. The first-order chi connectivity index (χ1) is 10.9. The first-order valence-electron chi connectivity index (χ1n) is 8.78. The zero-order valence-electron chi connectivity index (χ0n) is 14.3. The van der Waals surface area contributed by atoms with Crippen molar-refractivity contribution < 1.29 is 4.58 Å². The highest BCUT2D eigenvalue weighted by atomic mass is 35.5. The third-order valence-electron chi connectivity index (χ3n) is 5.31.